The van der Waals surface area contributed by atoms with Gasteiger partial charge in [0, 0.05) is 28.2 Å². The largest absolute Gasteiger partial charge is 0.461 e. The molecule has 0 radical (unpaired) electrons. The van der Waals surface area contributed by atoms with Gasteiger partial charge in [-0.3, -0.25) is 4.79 Å². The smallest absolute Gasteiger partial charge is 0.209 e. The molecule has 0 aliphatic heterocycles. The van der Waals surface area contributed by atoms with Gasteiger partial charge in [-0.1, -0.05) is 42.5 Å². The fraction of sp³-hybridized carbons (Fsp3) is 0.115. The number of aldehydes is 1. The van der Waals surface area contributed by atoms with Gasteiger partial charge in [-0.2, -0.15) is 0 Å². The Hall–Kier alpha value is -3.24. The zero-order valence-corrected chi connectivity index (χ0v) is 19.8. The first-order chi connectivity index (χ1) is 16.5. The first kappa shape index (κ1) is 22.5. The van der Waals surface area contributed by atoms with Crippen molar-refractivity contribution in [3.8, 4) is 11.1 Å². The van der Waals surface area contributed by atoms with Crippen LogP contribution in [0.5, 0.6) is 0 Å². The Morgan fingerprint density at radius 2 is 1.97 bits per heavy atom. The van der Waals surface area contributed by atoms with E-state index < -0.39 is 15.6 Å². The molecule has 5 nitrogen and oxygen atoms in total. The monoisotopic (exact) mass is 570 g/mol. The minimum atomic E-state index is -1.83. The lowest BCUT2D eigenvalue weighted by molar-refractivity contribution is 0.0325. The number of hydrogen-bond donors (Lipinski definition) is 0. The Balaban J connectivity index is 1.61. The number of nitrogens with zero attached hydrogens (tertiary/aromatic N) is 2. The van der Waals surface area contributed by atoms with Gasteiger partial charge in [0.25, 0.3) is 0 Å². The van der Waals surface area contributed by atoms with E-state index in [9.17, 15) is 9.18 Å². The van der Waals surface area contributed by atoms with Crippen LogP contribution in [0.3, 0.4) is 0 Å². The minimum Gasteiger partial charge on any atom is -0.461 e. The summed E-state index contributed by atoms with van der Waals surface area (Å²) in [5, 5.41) is 0.499. The second-order valence-electron chi connectivity index (χ2n) is 7.72. The standard InChI is InChI=1S/C26H17F2IN2O3/c27-21-12-22-20(11-19(21)17-8-10-33-23(17)13-32)24(31-15-30-22)18-7-4-9-26(28,29)25(18)34-14-16-5-2-1-3-6-16/h1-13,15,25H,14H2. The lowest BCUT2D eigenvalue weighted by Crippen LogP contribution is -2.35. The molecule has 2 atom stereocenters. The molecule has 2 unspecified atom stereocenters. The van der Waals surface area contributed by atoms with E-state index in [0.717, 1.165) is 5.56 Å². The quantitative estimate of drug-likeness (QED) is 0.151. The van der Waals surface area contributed by atoms with Crippen molar-refractivity contribution in [3.05, 3.63) is 102 Å². The molecule has 1 aliphatic rings. The Morgan fingerprint density at radius 3 is 2.76 bits per heavy atom. The second-order valence-corrected chi connectivity index (χ2v) is 9.37. The number of ether oxygens (including phenoxy) is 1. The molecular formula is C26H17F2IN2O3. The molecule has 8 heteroatoms. The summed E-state index contributed by atoms with van der Waals surface area (Å²) in [5.74, 6) is -0.555. The summed E-state index contributed by atoms with van der Waals surface area (Å²) in [7, 11) is 0. The van der Waals surface area contributed by atoms with Crippen LogP contribution >= 0.6 is 22.6 Å². The van der Waals surface area contributed by atoms with Crippen molar-refractivity contribution in [1.29, 1.82) is 0 Å². The Bertz CT molecular complexity index is 1430. The molecule has 170 valence electrons. The van der Waals surface area contributed by atoms with Crippen LogP contribution in [0.1, 0.15) is 21.8 Å². The summed E-state index contributed by atoms with van der Waals surface area (Å²) in [5.41, 5.74) is 2.65. The van der Waals surface area contributed by atoms with Crippen LogP contribution < -0.4 is 0 Å². The summed E-state index contributed by atoms with van der Waals surface area (Å²) in [6, 6.07) is 13.8. The summed E-state index contributed by atoms with van der Waals surface area (Å²) >= 11 is 1.72. The number of fused-ring (bicyclic) bond motifs is 1. The molecular weight excluding hydrogens is 553 g/mol. The van der Waals surface area contributed by atoms with Crippen molar-refractivity contribution in [2.24, 2.45) is 0 Å². The lowest BCUT2D eigenvalue weighted by atomic mass is 9.93. The fourth-order valence-corrected chi connectivity index (χ4v) is 4.69. The van der Waals surface area contributed by atoms with Gasteiger partial charge in [-0.15, -0.1) is 0 Å². The van der Waals surface area contributed by atoms with Gasteiger partial charge in [0.2, 0.25) is 3.68 Å². The average molecular weight is 570 g/mol. The molecule has 2 aromatic carbocycles. The van der Waals surface area contributed by atoms with Gasteiger partial charge in [0.1, 0.15) is 18.2 Å². The van der Waals surface area contributed by atoms with Gasteiger partial charge in [-0.25, -0.2) is 18.7 Å². The van der Waals surface area contributed by atoms with Crippen molar-refractivity contribution >= 4 is 45.4 Å². The SMILES string of the molecule is O=Cc1occc1-c1cc2c(C3=CC=CC(F)(I)C3OCc3ccccc3)ncnc2cc1F. The number of furan rings is 1. The molecule has 0 N–H and O–H groups in total. The first-order valence-electron chi connectivity index (χ1n) is 10.4. The van der Waals surface area contributed by atoms with E-state index in [0.29, 0.717) is 34.0 Å². The minimum absolute atomic E-state index is 0.00979. The Morgan fingerprint density at radius 1 is 1.15 bits per heavy atom. The van der Waals surface area contributed by atoms with Gasteiger partial charge < -0.3 is 9.15 Å². The molecule has 34 heavy (non-hydrogen) atoms. The van der Waals surface area contributed by atoms with Crippen LogP contribution in [0.4, 0.5) is 8.78 Å². The third kappa shape index (κ3) is 4.19. The van der Waals surface area contributed by atoms with Crippen molar-refractivity contribution in [2.75, 3.05) is 0 Å². The number of aromatic nitrogens is 2. The number of alkyl halides is 2. The average Bonchev–Trinajstić information content (AvgIpc) is 3.31. The van der Waals surface area contributed by atoms with Gasteiger partial charge >= 0.3 is 0 Å². The highest BCUT2D eigenvalue weighted by Crippen LogP contribution is 2.42. The molecule has 4 aromatic rings. The van der Waals surface area contributed by atoms with Crippen LogP contribution in [0.25, 0.3) is 27.6 Å². The predicted octanol–water partition coefficient (Wildman–Crippen LogP) is 6.48. The number of hydrogen-bond acceptors (Lipinski definition) is 5. The second kappa shape index (κ2) is 9.19. The molecule has 0 spiro atoms. The lowest BCUT2D eigenvalue weighted by Gasteiger charge is -2.31. The van der Waals surface area contributed by atoms with Gasteiger partial charge in [0.15, 0.2) is 12.0 Å². The van der Waals surface area contributed by atoms with E-state index in [1.165, 1.54) is 30.8 Å². The molecule has 5 rings (SSSR count). The molecule has 2 heterocycles. The van der Waals surface area contributed by atoms with Crippen LogP contribution in [-0.2, 0) is 11.3 Å². The number of benzene rings is 2. The molecule has 1 aliphatic carbocycles. The topological polar surface area (TPSA) is 65.2 Å². The summed E-state index contributed by atoms with van der Waals surface area (Å²) in [4.78, 5) is 19.9. The van der Waals surface area contributed by atoms with Crippen LogP contribution in [0.15, 0.2) is 83.8 Å². The normalized spacial score (nSPS) is 19.9. The van der Waals surface area contributed by atoms with Gasteiger partial charge in [0.05, 0.1) is 24.1 Å². The fourth-order valence-electron chi connectivity index (χ4n) is 3.97. The van der Waals surface area contributed by atoms with E-state index in [4.69, 9.17) is 9.15 Å². The van der Waals surface area contributed by atoms with E-state index in [2.05, 4.69) is 9.97 Å². The summed E-state index contributed by atoms with van der Waals surface area (Å²) < 4.78 is 40.0. The van der Waals surface area contributed by atoms with E-state index in [1.807, 2.05) is 30.3 Å². The Kier molecular flexibility index (Phi) is 6.09. The van der Waals surface area contributed by atoms with Crippen molar-refractivity contribution in [2.45, 2.75) is 16.4 Å². The Labute approximate surface area is 207 Å². The maximum absolute atomic E-state index is 15.6. The highest BCUT2D eigenvalue weighted by Gasteiger charge is 2.40. The van der Waals surface area contributed by atoms with Gasteiger partial charge in [-0.05, 0) is 46.4 Å². The molecule has 0 saturated carbocycles. The number of carbonyl (C=O) groups is 1. The summed E-state index contributed by atoms with van der Waals surface area (Å²) in [6.07, 6.45) is 6.98. The van der Waals surface area contributed by atoms with Crippen molar-refractivity contribution < 1.29 is 22.7 Å². The zero-order chi connectivity index (χ0) is 23.7. The number of allylic oxidation sites excluding steroid dienone is 2. The molecule has 0 saturated heterocycles. The van der Waals surface area contributed by atoms with Crippen molar-refractivity contribution in [3.63, 3.8) is 0 Å². The highest BCUT2D eigenvalue weighted by atomic mass is 127. The first-order valence-corrected chi connectivity index (χ1v) is 11.5. The third-order valence-corrected chi connectivity index (χ3v) is 6.50. The highest BCUT2D eigenvalue weighted by molar-refractivity contribution is 14.1. The zero-order valence-electron chi connectivity index (χ0n) is 17.6. The maximum atomic E-state index is 15.6. The predicted molar refractivity (Wildman–Crippen MR) is 133 cm³/mol. The van der Waals surface area contributed by atoms with E-state index >= 15 is 4.39 Å². The number of carbonyl (C=O) groups excluding carboxylic acids is 1. The number of halogens is 3. The van der Waals surface area contributed by atoms with Crippen LogP contribution in [0, 0.1) is 5.82 Å². The van der Waals surface area contributed by atoms with E-state index in [-0.39, 0.29) is 17.9 Å². The summed E-state index contributed by atoms with van der Waals surface area (Å²) in [6.45, 7) is 0.200. The van der Waals surface area contributed by atoms with Crippen LogP contribution in [-0.4, -0.2) is 26.0 Å². The van der Waals surface area contributed by atoms with E-state index in [1.54, 1.807) is 40.8 Å². The van der Waals surface area contributed by atoms with Crippen LogP contribution in [0.2, 0.25) is 0 Å². The molecule has 2 aromatic heterocycles. The number of rotatable bonds is 6. The molecule has 0 bridgehead atoms. The maximum Gasteiger partial charge on any atom is 0.209 e. The third-order valence-electron chi connectivity index (χ3n) is 5.58. The molecule has 0 fully saturated rings. The van der Waals surface area contributed by atoms with Crippen molar-refractivity contribution in [1.82, 2.24) is 9.97 Å². The molecule has 0 amide bonds.